The first-order chi connectivity index (χ1) is 9.12. The third kappa shape index (κ3) is 4.57. The van der Waals surface area contributed by atoms with Crippen molar-refractivity contribution in [2.24, 2.45) is 5.73 Å². The molecule has 0 saturated heterocycles. The van der Waals surface area contributed by atoms with Gasteiger partial charge in [0, 0.05) is 13.1 Å². The number of halogens is 1. The van der Waals surface area contributed by atoms with Gasteiger partial charge in [-0.2, -0.15) is 0 Å². The molecular weight excluding hydrogens is 312 g/mol. The molecule has 1 amide bonds. The lowest BCUT2D eigenvalue weighted by Gasteiger charge is -2.13. The van der Waals surface area contributed by atoms with Crippen LogP contribution < -0.4 is 20.5 Å². The first kappa shape index (κ1) is 15.5. The standard InChI is InChI=1S/C13H17BrN2O3/c1-3-4-16-12(17)8-19-13-10(14)5-9(7-15)6-11(13)18-2/h3,5-6H,1,4,7-8,15H2,2H3,(H,16,17). The number of ether oxygens (including phenoxy) is 2. The molecule has 0 spiro atoms. The molecule has 1 aromatic carbocycles. The van der Waals surface area contributed by atoms with Gasteiger partial charge in [-0.05, 0) is 33.6 Å². The predicted molar refractivity (Wildman–Crippen MR) is 77.3 cm³/mol. The number of rotatable bonds is 7. The molecule has 0 radical (unpaired) electrons. The minimum Gasteiger partial charge on any atom is -0.493 e. The van der Waals surface area contributed by atoms with Crippen molar-refractivity contribution in [1.82, 2.24) is 5.32 Å². The van der Waals surface area contributed by atoms with Crippen LogP contribution in [0.2, 0.25) is 0 Å². The lowest BCUT2D eigenvalue weighted by molar-refractivity contribution is -0.122. The number of carbonyl (C=O) groups excluding carboxylic acids is 1. The molecule has 0 saturated carbocycles. The molecule has 3 N–H and O–H groups in total. The second-order valence-corrected chi connectivity index (χ2v) is 4.55. The van der Waals surface area contributed by atoms with Crippen molar-refractivity contribution in [3.05, 3.63) is 34.8 Å². The minimum atomic E-state index is -0.225. The van der Waals surface area contributed by atoms with E-state index >= 15 is 0 Å². The summed E-state index contributed by atoms with van der Waals surface area (Å²) >= 11 is 3.37. The maximum Gasteiger partial charge on any atom is 0.258 e. The number of hydrogen-bond acceptors (Lipinski definition) is 4. The number of carbonyl (C=O) groups is 1. The maximum absolute atomic E-state index is 11.4. The number of methoxy groups -OCH3 is 1. The van der Waals surface area contributed by atoms with E-state index in [1.165, 1.54) is 7.11 Å². The quantitative estimate of drug-likeness (QED) is 0.745. The summed E-state index contributed by atoms with van der Waals surface area (Å²) in [4.78, 5) is 11.4. The number of benzene rings is 1. The average molecular weight is 329 g/mol. The van der Waals surface area contributed by atoms with E-state index in [-0.39, 0.29) is 12.5 Å². The Labute approximate surface area is 120 Å². The molecule has 0 bridgehead atoms. The number of nitrogens with two attached hydrogens (primary N) is 1. The van der Waals surface area contributed by atoms with Gasteiger partial charge in [-0.15, -0.1) is 6.58 Å². The van der Waals surface area contributed by atoms with Crippen molar-refractivity contribution < 1.29 is 14.3 Å². The fourth-order valence-electron chi connectivity index (χ4n) is 1.41. The highest BCUT2D eigenvalue weighted by Gasteiger charge is 2.12. The van der Waals surface area contributed by atoms with E-state index in [0.717, 1.165) is 5.56 Å². The lowest BCUT2D eigenvalue weighted by Crippen LogP contribution is -2.28. The minimum absolute atomic E-state index is 0.0925. The van der Waals surface area contributed by atoms with Gasteiger partial charge in [0.15, 0.2) is 18.1 Å². The molecule has 0 aliphatic rings. The monoisotopic (exact) mass is 328 g/mol. The molecule has 0 fully saturated rings. The van der Waals surface area contributed by atoms with Gasteiger partial charge in [-0.25, -0.2) is 0 Å². The summed E-state index contributed by atoms with van der Waals surface area (Å²) in [7, 11) is 1.53. The molecule has 0 unspecified atom stereocenters. The van der Waals surface area contributed by atoms with Gasteiger partial charge in [0.2, 0.25) is 0 Å². The number of hydrogen-bond donors (Lipinski definition) is 2. The first-order valence-corrected chi connectivity index (χ1v) is 6.48. The van der Waals surface area contributed by atoms with Gasteiger partial charge < -0.3 is 20.5 Å². The van der Waals surface area contributed by atoms with E-state index in [1.54, 1.807) is 12.1 Å². The van der Waals surface area contributed by atoms with Crippen LogP contribution in [0, 0.1) is 0 Å². The highest BCUT2D eigenvalue weighted by Crippen LogP contribution is 2.36. The van der Waals surface area contributed by atoms with Gasteiger partial charge in [0.05, 0.1) is 11.6 Å². The fraction of sp³-hybridized carbons (Fsp3) is 0.308. The Hall–Kier alpha value is -1.53. The molecule has 0 aromatic heterocycles. The molecule has 1 rings (SSSR count). The third-order valence-corrected chi connectivity index (χ3v) is 2.91. The highest BCUT2D eigenvalue weighted by molar-refractivity contribution is 9.10. The highest BCUT2D eigenvalue weighted by atomic mass is 79.9. The summed E-state index contributed by atoms with van der Waals surface area (Å²) in [5.74, 6) is 0.788. The van der Waals surface area contributed by atoms with Crippen LogP contribution in [0.25, 0.3) is 0 Å². The Bertz CT molecular complexity index is 463. The topological polar surface area (TPSA) is 73.6 Å². The van der Waals surface area contributed by atoms with Crippen molar-refractivity contribution in [1.29, 1.82) is 0 Å². The molecule has 104 valence electrons. The van der Waals surface area contributed by atoms with E-state index in [2.05, 4.69) is 27.8 Å². The SMILES string of the molecule is C=CCNC(=O)COc1c(Br)cc(CN)cc1OC. The van der Waals surface area contributed by atoms with Crippen LogP contribution in [-0.2, 0) is 11.3 Å². The van der Waals surface area contributed by atoms with E-state index in [0.29, 0.717) is 29.1 Å². The van der Waals surface area contributed by atoms with Gasteiger partial charge in [-0.3, -0.25) is 4.79 Å². The summed E-state index contributed by atoms with van der Waals surface area (Å²) in [6, 6.07) is 3.61. The van der Waals surface area contributed by atoms with Crippen LogP contribution in [0.3, 0.4) is 0 Å². The van der Waals surface area contributed by atoms with Crippen molar-refractivity contribution in [2.75, 3.05) is 20.3 Å². The average Bonchev–Trinajstić information content (AvgIpc) is 2.42. The molecule has 0 atom stereocenters. The second kappa shape index (κ2) is 7.81. The zero-order chi connectivity index (χ0) is 14.3. The van der Waals surface area contributed by atoms with E-state index in [4.69, 9.17) is 15.2 Å². The van der Waals surface area contributed by atoms with E-state index < -0.39 is 0 Å². The number of amides is 1. The Balaban J connectivity index is 2.77. The van der Waals surface area contributed by atoms with Crippen molar-refractivity contribution in [3.8, 4) is 11.5 Å². The summed E-state index contributed by atoms with van der Waals surface area (Å²) < 4.78 is 11.4. The van der Waals surface area contributed by atoms with Crippen LogP contribution in [0.1, 0.15) is 5.56 Å². The number of nitrogens with one attached hydrogen (secondary N) is 1. The molecule has 1 aromatic rings. The third-order valence-electron chi connectivity index (χ3n) is 2.32. The van der Waals surface area contributed by atoms with E-state index in [1.807, 2.05) is 6.07 Å². The molecule has 0 aliphatic heterocycles. The van der Waals surface area contributed by atoms with Crippen molar-refractivity contribution in [2.45, 2.75) is 6.54 Å². The van der Waals surface area contributed by atoms with Gasteiger partial charge >= 0.3 is 0 Å². The van der Waals surface area contributed by atoms with Crippen LogP contribution in [-0.4, -0.2) is 26.2 Å². The molecular formula is C13H17BrN2O3. The second-order valence-electron chi connectivity index (χ2n) is 3.69. The first-order valence-electron chi connectivity index (χ1n) is 5.69. The van der Waals surface area contributed by atoms with Gasteiger partial charge in [-0.1, -0.05) is 6.08 Å². The van der Waals surface area contributed by atoms with Crippen LogP contribution in [0.4, 0.5) is 0 Å². The molecule has 0 heterocycles. The van der Waals surface area contributed by atoms with Crippen molar-refractivity contribution in [3.63, 3.8) is 0 Å². The summed E-state index contributed by atoms with van der Waals surface area (Å²) in [5, 5.41) is 2.62. The normalized spacial score (nSPS) is 9.84. The Morgan fingerprint density at radius 1 is 1.58 bits per heavy atom. The van der Waals surface area contributed by atoms with Gasteiger partial charge in [0.25, 0.3) is 5.91 Å². The molecule has 19 heavy (non-hydrogen) atoms. The molecule has 5 nitrogen and oxygen atoms in total. The summed E-state index contributed by atoms with van der Waals surface area (Å²) in [6.45, 7) is 4.23. The van der Waals surface area contributed by atoms with Crippen LogP contribution in [0.5, 0.6) is 11.5 Å². The molecule has 0 aliphatic carbocycles. The van der Waals surface area contributed by atoms with Crippen LogP contribution >= 0.6 is 15.9 Å². The Morgan fingerprint density at radius 2 is 2.32 bits per heavy atom. The molecule has 6 heteroatoms. The van der Waals surface area contributed by atoms with Crippen LogP contribution in [0.15, 0.2) is 29.3 Å². The largest absolute Gasteiger partial charge is 0.493 e. The maximum atomic E-state index is 11.4. The summed E-state index contributed by atoms with van der Waals surface area (Å²) in [5.41, 5.74) is 6.49. The lowest BCUT2D eigenvalue weighted by atomic mass is 10.2. The zero-order valence-corrected chi connectivity index (χ0v) is 12.3. The Morgan fingerprint density at radius 3 is 2.89 bits per heavy atom. The smallest absolute Gasteiger partial charge is 0.258 e. The Kier molecular flexibility index (Phi) is 6.38. The zero-order valence-electron chi connectivity index (χ0n) is 10.7. The summed E-state index contributed by atoms with van der Waals surface area (Å²) in [6.07, 6.45) is 1.60. The fourth-order valence-corrected chi connectivity index (χ4v) is 2.01. The van der Waals surface area contributed by atoms with Crippen molar-refractivity contribution >= 4 is 21.8 Å². The van der Waals surface area contributed by atoms with Gasteiger partial charge in [0.1, 0.15) is 0 Å². The predicted octanol–water partition coefficient (Wildman–Crippen LogP) is 1.60. The van der Waals surface area contributed by atoms with E-state index in [9.17, 15) is 4.79 Å².